The number of anilines is 1. The summed E-state index contributed by atoms with van der Waals surface area (Å²) in [5.41, 5.74) is 8.51. The summed E-state index contributed by atoms with van der Waals surface area (Å²) >= 11 is 0. The maximum Gasteiger partial charge on any atom is 0.414 e. The molecule has 0 bridgehead atoms. The lowest BCUT2D eigenvalue weighted by Crippen LogP contribution is -2.27. The Hall–Kier alpha value is -2.01. The molecule has 2 aromatic rings. The zero-order valence-corrected chi connectivity index (χ0v) is 10.1. The molecule has 1 aliphatic rings. The minimum atomic E-state index is -0.322. The van der Waals surface area contributed by atoms with Crippen LogP contribution < -0.4 is 10.6 Å². The summed E-state index contributed by atoms with van der Waals surface area (Å²) in [6.07, 6.45) is -0.537. The first kappa shape index (κ1) is 11.1. The summed E-state index contributed by atoms with van der Waals surface area (Å²) in [6.45, 7) is 2.86. The van der Waals surface area contributed by atoms with Crippen molar-refractivity contribution >= 4 is 22.7 Å². The van der Waals surface area contributed by atoms with Crippen LogP contribution >= 0.6 is 0 Å². The predicted molar refractivity (Wildman–Crippen MR) is 69.7 cm³/mol. The lowest BCUT2D eigenvalue weighted by Gasteiger charge is -2.13. The van der Waals surface area contributed by atoms with Crippen LogP contribution in [-0.2, 0) is 4.74 Å². The van der Waals surface area contributed by atoms with Gasteiger partial charge in [0, 0.05) is 23.1 Å². The molecule has 1 fully saturated rings. The van der Waals surface area contributed by atoms with Gasteiger partial charge < -0.3 is 15.5 Å². The van der Waals surface area contributed by atoms with Crippen molar-refractivity contribution < 1.29 is 9.53 Å². The number of cyclic esters (lactones) is 1. The average molecular weight is 245 g/mol. The number of benzene rings is 1. The van der Waals surface area contributed by atoms with E-state index in [1.165, 1.54) is 0 Å². The van der Waals surface area contributed by atoms with E-state index >= 15 is 0 Å². The number of H-pyrrole nitrogens is 1. The first-order valence-corrected chi connectivity index (χ1v) is 5.95. The quantitative estimate of drug-likeness (QED) is 0.846. The Balaban J connectivity index is 2.06. The standard InChI is InChI=1S/C13H15N3O2/c1-8-5-10-11(15-8)3-2-4-12(10)16-7-9(6-14)18-13(16)17/h2-5,9,15H,6-7,14H2,1H3. The Morgan fingerprint density at radius 2 is 2.39 bits per heavy atom. The van der Waals surface area contributed by atoms with Crippen molar-refractivity contribution in [3.05, 3.63) is 30.0 Å². The molecule has 0 radical (unpaired) electrons. The average Bonchev–Trinajstić information content (AvgIpc) is 2.90. The number of aromatic amines is 1. The fourth-order valence-corrected chi connectivity index (χ4v) is 2.36. The third-order valence-electron chi connectivity index (χ3n) is 3.20. The van der Waals surface area contributed by atoms with E-state index < -0.39 is 0 Å². The molecule has 1 saturated heterocycles. The zero-order chi connectivity index (χ0) is 12.7. The molecule has 1 amide bonds. The van der Waals surface area contributed by atoms with Crippen LogP contribution in [0.25, 0.3) is 10.9 Å². The van der Waals surface area contributed by atoms with Crippen LogP contribution in [0.5, 0.6) is 0 Å². The molecule has 5 nitrogen and oxygen atoms in total. The van der Waals surface area contributed by atoms with Crippen molar-refractivity contribution in [1.82, 2.24) is 4.98 Å². The Morgan fingerprint density at radius 3 is 3.11 bits per heavy atom. The second-order valence-electron chi connectivity index (χ2n) is 4.54. The number of amides is 1. The van der Waals surface area contributed by atoms with E-state index in [9.17, 15) is 4.79 Å². The molecule has 2 heterocycles. The third kappa shape index (κ3) is 1.64. The molecule has 3 rings (SSSR count). The van der Waals surface area contributed by atoms with Gasteiger partial charge in [-0.1, -0.05) is 6.07 Å². The van der Waals surface area contributed by atoms with Crippen LogP contribution in [0, 0.1) is 6.92 Å². The summed E-state index contributed by atoms with van der Waals surface area (Å²) in [6, 6.07) is 7.88. The number of aryl methyl sites for hydroxylation is 1. The number of nitrogens with zero attached hydrogens (tertiary/aromatic N) is 1. The van der Waals surface area contributed by atoms with Crippen LogP contribution in [0.3, 0.4) is 0 Å². The molecule has 3 N–H and O–H groups in total. The van der Waals surface area contributed by atoms with Crippen LogP contribution in [0.2, 0.25) is 0 Å². The zero-order valence-electron chi connectivity index (χ0n) is 10.1. The Labute approximate surface area is 105 Å². The van der Waals surface area contributed by atoms with Gasteiger partial charge in [0.1, 0.15) is 6.10 Å². The Bertz CT molecular complexity index is 605. The Morgan fingerprint density at radius 1 is 1.56 bits per heavy atom. The number of aromatic nitrogens is 1. The Kier molecular flexibility index (Phi) is 2.48. The lowest BCUT2D eigenvalue weighted by molar-refractivity contribution is 0.145. The molecule has 1 unspecified atom stereocenters. The third-order valence-corrected chi connectivity index (χ3v) is 3.20. The number of ether oxygens (including phenoxy) is 1. The SMILES string of the molecule is Cc1cc2c(N3CC(CN)OC3=O)cccc2[nH]1. The molecule has 18 heavy (non-hydrogen) atoms. The van der Waals surface area contributed by atoms with Crippen LogP contribution in [-0.4, -0.2) is 30.3 Å². The number of hydrogen-bond donors (Lipinski definition) is 2. The van der Waals surface area contributed by atoms with Gasteiger partial charge in [0.2, 0.25) is 0 Å². The molecule has 1 aliphatic heterocycles. The highest BCUT2D eigenvalue weighted by atomic mass is 16.6. The van der Waals surface area contributed by atoms with E-state index in [0.717, 1.165) is 22.3 Å². The van der Waals surface area contributed by atoms with Crippen LogP contribution in [0.15, 0.2) is 24.3 Å². The highest BCUT2D eigenvalue weighted by molar-refractivity contribution is 6.01. The van der Waals surface area contributed by atoms with E-state index in [1.54, 1.807) is 4.90 Å². The molecule has 0 spiro atoms. The predicted octanol–water partition coefficient (Wildman–Crippen LogP) is 1.76. The fraction of sp³-hybridized carbons (Fsp3) is 0.308. The molecule has 1 aromatic carbocycles. The van der Waals surface area contributed by atoms with Crippen molar-refractivity contribution in [2.24, 2.45) is 5.73 Å². The van der Waals surface area contributed by atoms with Gasteiger partial charge >= 0.3 is 6.09 Å². The maximum atomic E-state index is 11.8. The van der Waals surface area contributed by atoms with Crippen molar-refractivity contribution in [3.8, 4) is 0 Å². The molecule has 94 valence electrons. The molecule has 5 heteroatoms. The largest absolute Gasteiger partial charge is 0.443 e. The summed E-state index contributed by atoms with van der Waals surface area (Å²) in [5.74, 6) is 0. The molecular weight excluding hydrogens is 230 g/mol. The molecular formula is C13H15N3O2. The summed E-state index contributed by atoms with van der Waals surface area (Å²) in [4.78, 5) is 16.7. The van der Waals surface area contributed by atoms with E-state index in [2.05, 4.69) is 4.98 Å². The van der Waals surface area contributed by atoms with Crippen molar-refractivity contribution in [1.29, 1.82) is 0 Å². The fourth-order valence-electron chi connectivity index (χ4n) is 2.36. The number of hydrogen-bond acceptors (Lipinski definition) is 3. The highest BCUT2D eigenvalue weighted by Gasteiger charge is 2.32. The normalized spacial score (nSPS) is 19.6. The van der Waals surface area contributed by atoms with Gasteiger partial charge in [0.15, 0.2) is 0 Å². The first-order chi connectivity index (χ1) is 8.69. The van der Waals surface area contributed by atoms with Gasteiger partial charge in [-0.15, -0.1) is 0 Å². The topological polar surface area (TPSA) is 71.3 Å². The van der Waals surface area contributed by atoms with Gasteiger partial charge in [-0.25, -0.2) is 4.79 Å². The smallest absolute Gasteiger partial charge is 0.414 e. The van der Waals surface area contributed by atoms with Crippen LogP contribution in [0.1, 0.15) is 5.69 Å². The monoisotopic (exact) mass is 245 g/mol. The number of carbonyl (C=O) groups is 1. The van der Waals surface area contributed by atoms with Gasteiger partial charge in [-0.2, -0.15) is 0 Å². The number of nitrogens with two attached hydrogens (primary N) is 1. The highest BCUT2D eigenvalue weighted by Crippen LogP contribution is 2.30. The van der Waals surface area contributed by atoms with Gasteiger partial charge in [0.25, 0.3) is 0 Å². The summed E-state index contributed by atoms with van der Waals surface area (Å²) < 4.78 is 5.19. The van der Waals surface area contributed by atoms with E-state index in [1.807, 2.05) is 31.2 Å². The maximum absolute atomic E-state index is 11.8. The molecule has 0 saturated carbocycles. The summed E-state index contributed by atoms with van der Waals surface area (Å²) in [5, 5.41) is 1.03. The number of nitrogens with one attached hydrogen (secondary N) is 1. The second kappa shape index (κ2) is 4.03. The molecule has 1 aromatic heterocycles. The summed E-state index contributed by atoms with van der Waals surface area (Å²) in [7, 11) is 0. The van der Waals surface area contributed by atoms with E-state index in [-0.39, 0.29) is 12.2 Å². The number of fused-ring (bicyclic) bond motifs is 1. The molecule has 1 atom stereocenters. The van der Waals surface area contributed by atoms with E-state index in [0.29, 0.717) is 13.1 Å². The first-order valence-electron chi connectivity index (χ1n) is 5.95. The van der Waals surface area contributed by atoms with Crippen molar-refractivity contribution in [2.75, 3.05) is 18.0 Å². The molecule has 0 aliphatic carbocycles. The van der Waals surface area contributed by atoms with Crippen molar-refractivity contribution in [2.45, 2.75) is 13.0 Å². The minimum Gasteiger partial charge on any atom is -0.443 e. The van der Waals surface area contributed by atoms with Crippen molar-refractivity contribution in [3.63, 3.8) is 0 Å². The second-order valence-corrected chi connectivity index (χ2v) is 4.54. The van der Waals surface area contributed by atoms with Crippen LogP contribution in [0.4, 0.5) is 10.5 Å². The van der Waals surface area contributed by atoms with E-state index in [4.69, 9.17) is 10.5 Å². The number of carbonyl (C=O) groups excluding carboxylic acids is 1. The van der Waals surface area contributed by atoms with Gasteiger partial charge in [-0.05, 0) is 25.1 Å². The lowest BCUT2D eigenvalue weighted by atomic mass is 10.2. The van der Waals surface area contributed by atoms with Gasteiger partial charge in [-0.3, -0.25) is 4.90 Å². The van der Waals surface area contributed by atoms with Gasteiger partial charge in [0.05, 0.1) is 12.2 Å². The minimum absolute atomic E-state index is 0.215. The number of rotatable bonds is 2.